The van der Waals surface area contributed by atoms with Crippen LogP contribution in [0.25, 0.3) is 0 Å². The van der Waals surface area contributed by atoms with Crippen LogP contribution in [0.3, 0.4) is 0 Å². The van der Waals surface area contributed by atoms with Gasteiger partial charge >= 0.3 is 0 Å². The maximum absolute atomic E-state index is 9.45. The van der Waals surface area contributed by atoms with Crippen molar-refractivity contribution in [3.05, 3.63) is 18.3 Å². The molecule has 0 radical (unpaired) electrons. The highest BCUT2D eigenvalue weighted by Gasteiger charge is 2.17. The summed E-state index contributed by atoms with van der Waals surface area (Å²) in [6.07, 6.45) is 4.39. The SMILES string of the molecule is CCCOc1ccc(N2CCC(O)CC2)cn1. The van der Waals surface area contributed by atoms with Crippen molar-refractivity contribution in [3.63, 3.8) is 0 Å². The first-order chi connectivity index (χ1) is 8.29. The smallest absolute Gasteiger partial charge is 0.213 e. The van der Waals surface area contributed by atoms with E-state index in [1.165, 1.54) is 0 Å². The van der Waals surface area contributed by atoms with Crippen molar-refractivity contribution in [2.75, 3.05) is 24.6 Å². The minimum atomic E-state index is -0.133. The van der Waals surface area contributed by atoms with E-state index < -0.39 is 0 Å². The second-order valence-corrected chi connectivity index (χ2v) is 4.42. The third-order valence-corrected chi connectivity index (χ3v) is 3.00. The topological polar surface area (TPSA) is 45.6 Å². The van der Waals surface area contributed by atoms with Gasteiger partial charge in [-0.1, -0.05) is 6.92 Å². The van der Waals surface area contributed by atoms with Gasteiger partial charge in [0.15, 0.2) is 0 Å². The highest BCUT2D eigenvalue weighted by molar-refractivity contribution is 5.45. The van der Waals surface area contributed by atoms with Gasteiger partial charge in [-0.2, -0.15) is 0 Å². The lowest BCUT2D eigenvalue weighted by Gasteiger charge is -2.31. The molecule has 1 aromatic rings. The number of pyridine rings is 1. The maximum Gasteiger partial charge on any atom is 0.213 e. The summed E-state index contributed by atoms with van der Waals surface area (Å²) < 4.78 is 5.44. The highest BCUT2D eigenvalue weighted by atomic mass is 16.5. The first kappa shape index (κ1) is 12.2. The van der Waals surface area contributed by atoms with E-state index >= 15 is 0 Å². The highest BCUT2D eigenvalue weighted by Crippen LogP contribution is 2.20. The summed E-state index contributed by atoms with van der Waals surface area (Å²) >= 11 is 0. The number of ether oxygens (including phenoxy) is 1. The van der Waals surface area contributed by atoms with E-state index in [2.05, 4.69) is 16.8 Å². The quantitative estimate of drug-likeness (QED) is 0.866. The number of nitrogens with zero attached hydrogens (tertiary/aromatic N) is 2. The molecule has 2 rings (SSSR count). The molecule has 1 N–H and O–H groups in total. The maximum atomic E-state index is 9.45. The molecular formula is C13H20N2O2. The van der Waals surface area contributed by atoms with Gasteiger partial charge in [0, 0.05) is 19.2 Å². The van der Waals surface area contributed by atoms with Crippen molar-refractivity contribution in [3.8, 4) is 5.88 Å². The largest absolute Gasteiger partial charge is 0.478 e. The van der Waals surface area contributed by atoms with Gasteiger partial charge in [-0.3, -0.25) is 0 Å². The monoisotopic (exact) mass is 236 g/mol. The molecule has 1 aliphatic heterocycles. The molecule has 0 saturated carbocycles. The number of hydrogen-bond acceptors (Lipinski definition) is 4. The Morgan fingerprint density at radius 3 is 2.76 bits per heavy atom. The summed E-state index contributed by atoms with van der Waals surface area (Å²) in [6.45, 7) is 4.59. The van der Waals surface area contributed by atoms with Crippen LogP contribution in [0.2, 0.25) is 0 Å². The lowest BCUT2D eigenvalue weighted by molar-refractivity contribution is 0.145. The average molecular weight is 236 g/mol. The molecule has 0 amide bonds. The molecule has 0 aliphatic carbocycles. The molecule has 4 nitrogen and oxygen atoms in total. The fourth-order valence-electron chi connectivity index (χ4n) is 1.98. The van der Waals surface area contributed by atoms with Crippen LogP contribution in [0.4, 0.5) is 5.69 Å². The normalized spacial score (nSPS) is 17.2. The van der Waals surface area contributed by atoms with Crippen LogP contribution in [0.5, 0.6) is 5.88 Å². The Kier molecular flexibility index (Phi) is 4.20. The zero-order valence-corrected chi connectivity index (χ0v) is 10.3. The molecule has 4 heteroatoms. The Morgan fingerprint density at radius 2 is 2.18 bits per heavy atom. The van der Waals surface area contributed by atoms with Gasteiger partial charge in [-0.15, -0.1) is 0 Å². The van der Waals surface area contributed by atoms with E-state index in [4.69, 9.17) is 4.74 Å². The van der Waals surface area contributed by atoms with Crippen LogP contribution in [0, 0.1) is 0 Å². The fraction of sp³-hybridized carbons (Fsp3) is 0.615. The lowest BCUT2D eigenvalue weighted by atomic mass is 10.1. The Labute approximate surface area is 102 Å². The summed E-state index contributed by atoms with van der Waals surface area (Å²) in [5, 5.41) is 9.45. The molecule has 1 fully saturated rings. The zero-order chi connectivity index (χ0) is 12.1. The Bertz CT molecular complexity index is 332. The number of aliphatic hydroxyl groups is 1. The van der Waals surface area contributed by atoms with E-state index in [-0.39, 0.29) is 6.10 Å². The predicted molar refractivity (Wildman–Crippen MR) is 67.5 cm³/mol. The van der Waals surface area contributed by atoms with E-state index in [9.17, 15) is 5.11 Å². The molecule has 2 heterocycles. The molecule has 1 saturated heterocycles. The number of aromatic nitrogens is 1. The van der Waals surface area contributed by atoms with Crippen LogP contribution in [-0.4, -0.2) is 35.9 Å². The molecule has 0 atom stereocenters. The molecule has 1 aromatic heterocycles. The number of piperidine rings is 1. The lowest BCUT2D eigenvalue weighted by Crippen LogP contribution is -2.35. The van der Waals surface area contributed by atoms with E-state index in [1.54, 1.807) is 0 Å². The standard InChI is InChI=1S/C13H20N2O2/c1-2-9-17-13-4-3-11(10-14-13)15-7-5-12(16)6-8-15/h3-4,10,12,16H,2,5-9H2,1H3. The van der Waals surface area contributed by atoms with Crippen LogP contribution < -0.4 is 9.64 Å². The van der Waals surface area contributed by atoms with Gasteiger partial charge in [0.05, 0.1) is 24.6 Å². The summed E-state index contributed by atoms with van der Waals surface area (Å²) in [6, 6.07) is 3.95. The molecule has 0 unspecified atom stereocenters. The summed E-state index contributed by atoms with van der Waals surface area (Å²) in [4.78, 5) is 6.54. The van der Waals surface area contributed by atoms with Gasteiger partial charge in [-0.05, 0) is 25.3 Å². The first-order valence-electron chi connectivity index (χ1n) is 6.31. The minimum absolute atomic E-state index is 0.133. The van der Waals surface area contributed by atoms with Crippen LogP contribution in [0.1, 0.15) is 26.2 Å². The van der Waals surface area contributed by atoms with E-state index in [1.807, 2.05) is 18.3 Å². The van der Waals surface area contributed by atoms with Crippen LogP contribution >= 0.6 is 0 Å². The van der Waals surface area contributed by atoms with Gasteiger partial charge in [0.2, 0.25) is 5.88 Å². The average Bonchev–Trinajstić information content (AvgIpc) is 2.38. The minimum Gasteiger partial charge on any atom is -0.478 e. The third-order valence-electron chi connectivity index (χ3n) is 3.00. The van der Waals surface area contributed by atoms with E-state index in [0.29, 0.717) is 12.5 Å². The van der Waals surface area contributed by atoms with Crippen LogP contribution in [0.15, 0.2) is 18.3 Å². The van der Waals surface area contributed by atoms with Crippen molar-refractivity contribution in [2.24, 2.45) is 0 Å². The predicted octanol–water partition coefficient (Wildman–Crippen LogP) is 1.83. The molecular weight excluding hydrogens is 216 g/mol. The summed E-state index contributed by atoms with van der Waals surface area (Å²) in [5.74, 6) is 0.688. The molecule has 94 valence electrons. The molecule has 1 aliphatic rings. The van der Waals surface area contributed by atoms with Crippen molar-refractivity contribution >= 4 is 5.69 Å². The molecule has 0 spiro atoms. The van der Waals surface area contributed by atoms with Gasteiger partial charge in [0.1, 0.15) is 0 Å². The molecule has 0 aromatic carbocycles. The number of anilines is 1. The fourth-order valence-corrected chi connectivity index (χ4v) is 1.98. The van der Waals surface area contributed by atoms with Crippen molar-refractivity contribution in [1.82, 2.24) is 4.98 Å². The van der Waals surface area contributed by atoms with E-state index in [0.717, 1.165) is 38.0 Å². The first-order valence-corrected chi connectivity index (χ1v) is 6.31. The summed E-state index contributed by atoms with van der Waals surface area (Å²) in [7, 11) is 0. The second kappa shape index (κ2) is 5.87. The Morgan fingerprint density at radius 1 is 1.41 bits per heavy atom. The van der Waals surface area contributed by atoms with Crippen molar-refractivity contribution < 1.29 is 9.84 Å². The number of aliphatic hydroxyl groups excluding tert-OH is 1. The van der Waals surface area contributed by atoms with Crippen LogP contribution in [-0.2, 0) is 0 Å². The summed E-state index contributed by atoms with van der Waals surface area (Å²) in [5.41, 5.74) is 1.11. The molecule has 17 heavy (non-hydrogen) atoms. The number of hydrogen-bond donors (Lipinski definition) is 1. The van der Waals surface area contributed by atoms with Gasteiger partial charge in [-0.25, -0.2) is 4.98 Å². The van der Waals surface area contributed by atoms with Crippen molar-refractivity contribution in [2.45, 2.75) is 32.3 Å². The van der Waals surface area contributed by atoms with Gasteiger partial charge in [0.25, 0.3) is 0 Å². The van der Waals surface area contributed by atoms with Crippen molar-refractivity contribution in [1.29, 1.82) is 0 Å². The van der Waals surface area contributed by atoms with Gasteiger partial charge < -0.3 is 14.7 Å². The zero-order valence-electron chi connectivity index (χ0n) is 10.3. The number of rotatable bonds is 4. The third kappa shape index (κ3) is 3.33. The Hall–Kier alpha value is -1.29. The molecule has 0 bridgehead atoms. The second-order valence-electron chi connectivity index (χ2n) is 4.42. The Balaban J connectivity index is 1.93.